The van der Waals surface area contributed by atoms with Gasteiger partial charge in [0.2, 0.25) is 0 Å². The van der Waals surface area contributed by atoms with E-state index in [4.69, 9.17) is 4.42 Å². The van der Waals surface area contributed by atoms with Crippen molar-refractivity contribution in [1.82, 2.24) is 9.13 Å². The fraction of sp³-hybridized carbons (Fsp3) is 0. The van der Waals surface area contributed by atoms with Crippen molar-refractivity contribution in [3.05, 3.63) is 133 Å². The number of hydrogen-bond donors (Lipinski definition) is 0. The largest absolute Gasteiger partial charge is 0.454 e. The first-order valence-corrected chi connectivity index (χ1v) is 13.7. The molecule has 0 atom stereocenters. The molecule has 0 bridgehead atoms. The number of nitriles is 1. The Labute approximate surface area is 234 Å². The molecule has 190 valence electrons. The molecule has 3 aromatic heterocycles. The van der Waals surface area contributed by atoms with Crippen LogP contribution in [0.4, 0.5) is 0 Å². The Kier molecular flexibility index (Phi) is 4.37. The van der Waals surface area contributed by atoms with Crippen LogP contribution in [0, 0.1) is 11.3 Å². The van der Waals surface area contributed by atoms with Crippen molar-refractivity contribution >= 4 is 65.6 Å². The Morgan fingerprint density at radius 3 is 1.37 bits per heavy atom. The minimum absolute atomic E-state index is 0.590. The van der Waals surface area contributed by atoms with Gasteiger partial charge in [-0.25, -0.2) is 0 Å². The highest BCUT2D eigenvalue weighted by atomic mass is 16.3. The van der Waals surface area contributed by atoms with Gasteiger partial charge in [-0.05, 0) is 36.4 Å². The zero-order valence-electron chi connectivity index (χ0n) is 21.9. The van der Waals surface area contributed by atoms with E-state index in [1.807, 2.05) is 24.3 Å². The van der Waals surface area contributed by atoms with Crippen molar-refractivity contribution in [3.8, 4) is 17.4 Å². The molecule has 0 aliphatic heterocycles. The second kappa shape index (κ2) is 8.11. The predicted molar refractivity (Wildman–Crippen MR) is 167 cm³/mol. The van der Waals surface area contributed by atoms with Gasteiger partial charge >= 0.3 is 0 Å². The quantitative estimate of drug-likeness (QED) is 0.226. The summed E-state index contributed by atoms with van der Waals surface area (Å²) in [5.41, 5.74) is 8.03. The lowest BCUT2D eigenvalue weighted by molar-refractivity contribution is 0.666. The number of nitrogens with zero attached hydrogens (tertiary/aromatic N) is 3. The molecule has 41 heavy (non-hydrogen) atoms. The maximum Gasteiger partial charge on any atom is 0.161 e. The third-order valence-corrected chi connectivity index (χ3v) is 8.34. The van der Waals surface area contributed by atoms with Crippen LogP contribution in [-0.4, -0.2) is 9.13 Å². The molecule has 0 aliphatic rings. The van der Waals surface area contributed by atoms with Gasteiger partial charge in [-0.1, -0.05) is 91.0 Å². The fourth-order valence-corrected chi connectivity index (χ4v) is 6.68. The van der Waals surface area contributed by atoms with Crippen LogP contribution < -0.4 is 0 Å². The van der Waals surface area contributed by atoms with E-state index >= 15 is 0 Å². The van der Waals surface area contributed by atoms with Gasteiger partial charge in [-0.15, -0.1) is 0 Å². The second-order valence-electron chi connectivity index (χ2n) is 10.4. The van der Waals surface area contributed by atoms with E-state index in [-0.39, 0.29) is 0 Å². The Morgan fingerprint density at radius 2 is 0.878 bits per heavy atom. The van der Waals surface area contributed by atoms with Crippen LogP contribution in [0.25, 0.3) is 76.9 Å². The van der Waals surface area contributed by atoms with Crippen LogP contribution in [0.2, 0.25) is 0 Å². The molecule has 0 saturated heterocycles. The van der Waals surface area contributed by atoms with Crippen LogP contribution in [0.5, 0.6) is 0 Å². The Hall–Kier alpha value is -5.79. The molecule has 3 heterocycles. The van der Waals surface area contributed by atoms with Crippen molar-refractivity contribution in [1.29, 1.82) is 5.26 Å². The maximum atomic E-state index is 10.8. The molecule has 0 radical (unpaired) electrons. The number of aromatic nitrogens is 2. The number of rotatable bonds is 2. The molecule has 0 N–H and O–H groups in total. The van der Waals surface area contributed by atoms with Crippen molar-refractivity contribution < 1.29 is 4.42 Å². The normalized spacial score (nSPS) is 11.9. The number of hydrogen-bond acceptors (Lipinski definition) is 2. The Morgan fingerprint density at radius 1 is 0.463 bits per heavy atom. The first kappa shape index (κ1) is 22.1. The monoisotopic (exact) mass is 523 g/mol. The summed E-state index contributed by atoms with van der Waals surface area (Å²) in [6.45, 7) is 0. The number of benzene rings is 6. The molecule has 0 amide bonds. The third kappa shape index (κ3) is 2.87. The molecule has 6 aromatic carbocycles. The lowest BCUT2D eigenvalue weighted by atomic mass is 10.0. The summed E-state index contributed by atoms with van der Waals surface area (Å²) >= 11 is 0. The molecule has 4 heteroatoms. The highest BCUT2D eigenvalue weighted by Crippen LogP contribution is 2.44. The first-order valence-electron chi connectivity index (χ1n) is 13.7. The first-order chi connectivity index (χ1) is 20.3. The molecule has 9 rings (SSSR count). The van der Waals surface area contributed by atoms with Crippen molar-refractivity contribution in [3.63, 3.8) is 0 Å². The average Bonchev–Trinajstić information content (AvgIpc) is 3.68. The molecular formula is C37H21N3O. The standard InChI is InChI=1S/C37H21N3O/c38-22-23-21-29-28-15-5-10-20-34(28)41-37(29)36(40-32-18-8-3-13-26(32)27-14-4-9-19-33(27)40)35(23)39-30-16-6-1-11-24(30)25-12-2-7-17-31(25)39/h1-21H. The predicted octanol–water partition coefficient (Wildman–Crippen LogP) is 9.65. The maximum absolute atomic E-state index is 10.8. The summed E-state index contributed by atoms with van der Waals surface area (Å²) in [5.74, 6) is 0. The molecule has 0 saturated carbocycles. The molecule has 0 spiro atoms. The van der Waals surface area contributed by atoms with Gasteiger partial charge in [-0.2, -0.15) is 5.26 Å². The topological polar surface area (TPSA) is 46.8 Å². The molecular weight excluding hydrogens is 502 g/mol. The minimum Gasteiger partial charge on any atom is -0.454 e. The zero-order valence-corrected chi connectivity index (χ0v) is 21.9. The average molecular weight is 524 g/mol. The van der Waals surface area contributed by atoms with Gasteiger partial charge in [0.15, 0.2) is 5.58 Å². The molecule has 4 nitrogen and oxygen atoms in total. The van der Waals surface area contributed by atoms with Gasteiger partial charge in [0.1, 0.15) is 17.3 Å². The van der Waals surface area contributed by atoms with E-state index in [1.54, 1.807) is 0 Å². The summed E-state index contributed by atoms with van der Waals surface area (Å²) in [5, 5.41) is 17.3. The van der Waals surface area contributed by atoms with Gasteiger partial charge in [0, 0.05) is 32.3 Å². The van der Waals surface area contributed by atoms with Crippen LogP contribution in [0.1, 0.15) is 5.56 Å². The van der Waals surface area contributed by atoms with Gasteiger partial charge in [-0.3, -0.25) is 0 Å². The van der Waals surface area contributed by atoms with E-state index in [0.717, 1.165) is 76.9 Å². The summed E-state index contributed by atoms with van der Waals surface area (Å²) < 4.78 is 11.3. The summed E-state index contributed by atoms with van der Waals surface area (Å²) in [4.78, 5) is 0. The lowest BCUT2D eigenvalue weighted by Gasteiger charge is -2.18. The summed E-state index contributed by atoms with van der Waals surface area (Å²) in [6.07, 6.45) is 0. The highest BCUT2D eigenvalue weighted by Gasteiger charge is 2.26. The molecule has 0 unspecified atom stereocenters. The van der Waals surface area contributed by atoms with Gasteiger partial charge < -0.3 is 13.6 Å². The van der Waals surface area contributed by atoms with E-state index in [9.17, 15) is 5.26 Å². The number of fused-ring (bicyclic) bond motifs is 9. The molecule has 9 aromatic rings. The summed E-state index contributed by atoms with van der Waals surface area (Å²) in [6, 6.07) is 46.4. The van der Waals surface area contributed by atoms with Crippen LogP contribution in [-0.2, 0) is 0 Å². The SMILES string of the molecule is N#Cc1cc2c(oc3ccccc32)c(-n2c3ccccc3c3ccccc32)c1-n1c2ccccc2c2ccccc21. The van der Waals surface area contributed by atoms with E-state index in [1.165, 1.54) is 0 Å². The Balaban J connectivity index is 1.60. The van der Waals surface area contributed by atoms with Crippen molar-refractivity contribution in [2.24, 2.45) is 0 Å². The minimum atomic E-state index is 0.590. The lowest BCUT2D eigenvalue weighted by Crippen LogP contribution is -2.06. The van der Waals surface area contributed by atoms with Crippen LogP contribution in [0.15, 0.2) is 132 Å². The number of para-hydroxylation sites is 5. The van der Waals surface area contributed by atoms with Crippen LogP contribution in [0.3, 0.4) is 0 Å². The zero-order chi connectivity index (χ0) is 27.1. The molecule has 0 aliphatic carbocycles. The summed E-state index contributed by atoms with van der Waals surface area (Å²) in [7, 11) is 0. The van der Waals surface area contributed by atoms with E-state index < -0.39 is 0 Å². The van der Waals surface area contributed by atoms with Gasteiger partial charge in [0.25, 0.3) is 0 Å². The molecule has 0 fully saturated rings. The third-order valence-electron chi connectivity index (χ3n) is 8.34. The van der Waals surface area contributed by atoms with Gasteiger partial charge in [0.05, 0.1) is 33.3 Å². The van der Waals surface area contributed by atoms with Crippen molar-refractivity contribution in [2.45, 2.75) is 0 Å². The smallest absolute Gasteiger partial charge is 0.161 e. The Bertz CT molecular complexity index is 2450. The van der Waals surface area contributed by atoms with E-state index in [0.29, 0.717) is 5.56 Å². The van der Waals surface area contributed by atoms with Crippen LogP contribution >= 0.6 is 0 Å². The fourth-order valence-electron chi connectivity index (χ4n) is 6.68. The second-order valence-corrected chi connectivity index (χ2v) is 10.4. The van der Waals surface area contributed by atoms with E-state index in [2.05, 4.69) is 118 Å². The number of furan rings is 1. The highest BCUT2D eigenvalue weighted by molar-refractivity contribution is 6.16. The van der Waals surface area contributed by atoms with Crippen molar-refractivity contribution in [2.75, 3.05) is 0 Å².